The van der Waals surface area contributed by atoms with Crippen molar-refractivity contribution in [3.8, 4) is 11.5 Å². The van der Waals surface area contributed by atoms with Crippen LogP contribution in [0.1, 0.15) is 43.4 Å². The van der Waals surface area contributed by atoms with E-state index in [0.717, 1.165) is 51.1 Å². The van der Waals surface area contributed by atoms with E-state index in [-0.39, 0.29) is 0 Å². The molecule has 28 heavy (non-hydrogen) atoms. The summed E-state index contributed by atoms with van der Waals surface area (Å²) < 4.78 is 12.9. The molecule has 0 N–H and O–H groups in total. The molecule has 0 spiro atoms. The number of likely N-dealkylation sites (tertiary alicyclic amines) is 1. The normalized spacial score (nSPS) is 14.8. The number of halogens is 1. The van der Waals surface area contributed by atoms with Crippen molar-refractivity contribution in [2.75, 3.05) is 19.7 Å². The molecule has 2 aromatic rings. The van der Waals surface area contributed by atoms with Crippen LogP contribution in [0.2, 0.25) is 0 Å². The van der Waals surface area contributed by atoms with Crippen LogP contribution < -0.4 is 9.47 Å². The Morgan fingerprint density at radius 1 is 1.11 bits per heavy atom. The maximum Gasteiger partial charge on any atom is 0.162 e. The van der Waals surface area contributed by atoms with E-state index in [4.69, 9.17) is 21.7 Å². The third kappa shape index (κ3) is 5.26. The highest BCUT2D eigenvalue weighted by molar-refractivity contribution is 9.10. The van der Waals surface area contributed by atoms with Gasteiger partial charge in [-0.25, -0.2) is 0 Å². The molecule has 0 bridgehead atoms. The first kappa shape index (κ1) is 21.1. The number of hydrogen-bond acceptors (Lipinski definition) is 3. The Morgan fingerprint density at radius 2 is 1.75 bits per heavy atom. The first-order valence-corrected chi connectivity index (χ1v) is 11.1. The highest BCUT2D eigenvalue weighted by atomic mass is 79.9. The largest absolute Gasteiger partial charge is 0.490 e. The van der Waals surface area contributed by atoms with Crippen LogP contribution in [0.3, 0.4) is 0 Å². The van der Waals surface area contributed by atoms with Gasteiger partial charge in [0.1, 0.15) is 11.6 Å². The summed E-state index contributed by atoms with van der Waals surface area (Å²) in [6, 6.07) is 12.4. The van der Waals surface area contributed by atoms with Crippen LogP contribution in [0.4, 0.5) is 0 Å². The summed E-state index contributed by atoms with van der Waals surface area (Å²) in [6.07, 6.45) is 2.38. The van der Waals surface area contributed by atoms with Crippen LogP contribution in [-0.4, -0.2) is 29.6 Å². The van der Waals surface area contributed by atoms with Crippen molar-refractivity contribution in [3.63, 3.8) is 0 Å². The van der Waals surface area contributed by atoms with E-state index in [1.807, 2.05) is 19.1 Å². The molecule has 0 aliphatic carbocycles. The van der Waals surface area contributed by atoms with Crippen molar-refractivity contribution in [2.45, 2.75) is 40.2 Å². The summed E-state index contributed by atoms with van der Waals surface area (Å²) in [5.41, 5.74) is 3.37. The molecule has 0 unspecified atom stereocenters. The minimum atomic E-state index is 0.501. The lowest BCUT2D eigenvalue weighted by Crippen LogP contribution is -2.37. The van der Waals surface area contributed by atoms with Gasteiger partial charge in [0, 0.05) is 23.1 Å². The van der Waals surface area contributed by atoms with Gasteiger partial charge in [-0.2, -0.15) is 0 Å². The standard InChI is InChI=1S/C23H28BrNO2S/c1-4-26-21-13-19(23(28)25-11-9-17(3)10-12-25)20(24)14-22(21)27-15-18-7-5-16(2)6-8-18/h5-8,13-14,17H,4,9-12,15H2,1-3H3. The Hall–Kier alpha value is -1.59. The number of nitrogens with zero attached hydrogens (tertiary/aromatic N) is 1. The van der Waals surface area contributed by atoms with Crippen molar-refractivity contribution in [3.05, 3.63) is 57.6 Å². The van der Waals surface area contributed by atoms with Crippen molar-refractivity contribution < 1.29 is 9.47 Å². The third-order valence-corrected chi connectivity index (χ3v) is 6.28. The topological polar surface area (TPSA) is 21.7 Å². The van der Waals surface area contributed by atoms with E-state index in [1.54, 1.807) is 0 Å². The van der Waals surface area contributed by atoms with Gasteiger partial charge < -0.3 is 14.4 Å². The van der Waals surface area contributed by atoms with Gasteiger partial charge in [-0.1, -0.05) is 49.0 Å². The number of thiocarbonyl (C=S) groups is 1. The van der Waals surface area contributed by atoms with Gasteiger partial charge in [0.2, 0.25) is 0 Å². The molecule has 3 rings (SSSR count). The fraction of sp³-hybridized carbons (Fsp3) is 0.435. The fourth-order valence-electron chi connectivity index (χ4n) is 3.31. The molecule has 3 nitrogen and oxygen atoms in total. The van der Waals surface area contributed by atoms with Crippen LogP contribution in [0, 0.1) is 12.8 Å². The lowest BCUT2D eigenvalue weighted by Gasteiger charge is -2.32. The zero-order valence-corrected chi connectivity index (χ0v) is 19.2. The van der Waals surface area contributed by atoms with E-state index >= 15 is 0 Å². The van der Waals surface area contributed by atoms with E-state index < -0.39 is 0 Å². The Balaban J connectivity index is 1.79. The summed E-state index contributed by atoms with van der Waals surface area (Å²) >= 11 is 9.50. The summed E-state index contributed by atoms with van der Waals surface area (Å²) in [5, 5.41) is 0. The van der Waals surface area contributed by atoms with Crippen LogP contribution >= 0.6 is 28.1 Å². The summed E-state index contributed by atoms with van der Waals surface area (Å²) in [6.45, 7) is 9.49. The lowest BCUT2D eigenvalue weighted by atomic mass is 9.99. The second-order valence-electron chi connectivity index (χ2n) is 7.46. The number of hydrogen-bond donors (Lipinski definition) is 0. The van der Waals surface area contributed by atoms with E-state index in [2.05, 4.69) is 58.9 Å². The molecule has 1 saturated heterocycles. The highest BCUT2D eigenvalue weighted by Crippen LogP contribution is 2.35. The Morgan fingerprint density at radius 3 is 2.39 bits per heavy atom. The number of piperidine rings is 1. The lowest BCUT2D eigenvalue weighted by molar-refractivity contribution is 0.268. The smallest absolute Gasteiger partial charge is 0.162 e. The summed E-state index contributed by atoms with van der Waals surface area (Å²) in [5.74, 6) is 2.24. The number of aryl methyl sites for hydroxylation is 1. The van der Waals surface area contributed by atoms with Gasteiger partial charge in [-0.05, 0) is 66.2 Å². The number of rotatable bonds is 6. The van der Waals surface area contributed by atoms with Gasteiger partial charge in [-0.15, -0.1) is 0 Å². The highest BCUT2D eigenvalue weighted by Gasteiger charge is 2.22. The molecule has 0 radical (unpaired) electrons. The minimum Gasteiger partial charge on any atom is -0.490 e. The maximum absolute atomic E-state index is 6.08. The number of benzene rings is 2. The van der Waals surface area contributed by atoms with E-state index in [9.17, 15) is 0 Å². The molecule has 1 fully saturated rings. The zero-order valence-electron chi connectivity index (χ0n) is 16.8. The molecular weight excluding hydrogens is 434 g/mol. The molecule has 0 atom stereocenters. The SMILES string of the molecule is CCOc1cc(C(=S)N2CCC(C)CC2)c(Br)cc1OCc1ccc(C)cc1. The molecule has 0 saturated carbocycles. The van der Waals surface area contributed by atoms with Crippen molar-refractivity contribution in [1.29, 1.82) is 0 Å². The predicted octanol–water partition coefficient (Wildman–Crippen LogP) is 6.14. The molecule has 2 aromatic carbocycles. The predicted molar refractivity (Wildman–Crippen MR) is 122 cm³/mol. The van der Waals surface area contributed by atoms with Crippen LogP contribution in [0.5, 0.6) is 11.5 Å². The molecule has 1 heterocycles. The second-order valence-corrected chi connectivity index (χ2v) is 8.70. The van der Waals surface area contributed by atoms with E-state index in [0.29, 0.717) is 13.2 Å². The van der Waals surface area contributed by atoms with Gasteiger partial charge >= 0.3 is 0 Å². The van der Waals surface area contributed by atoms with Crippen molar-refractivity contribution >= 4 is 33.1 Å². The van der Waals surface area contributed by atoms with Crippen LogP contribution in [-0.2, 0) is 6.61 Å². The first-order chi connectivity index (χ1) is 13.5. The average molecular weight is 462 g/mol. The van der Waals surface area contributed by atoms with E-state index in [1.165, 1.54) is 18.4 Å². The summed E-state index contributed by atoms with van der Waals surface area (Å²) in [7, 11) is 0. The molecule has 5 heteroatoms. The molecule has 0 amide bonds. The molecule has 1 aliphatic heterocycles. The molecular formula is C23H28BrNO2S. The zero-order chi connectivity index (χ0) is 20.1. The fourth-order valence-corrected chi connectivity index (χ4v) is 4.30. The van der Waals surface area contributed by atoms with Gasteiger partial charge in [0.25, 0.3) is 0 Å². The molecule has 0 aromatic heterocycles. The van der Waals surface area contributed by atoms with Crippen molar-refractivity contribution in [2.24, 2.45) is 5.92 Å². The second kappa shape index (κ2) is 9.75. The maximum atomic E-state index is 6.08. The van der Waals surface area contributed by atoms with Crippen LogP contribution in [0.25, 0.3) is 0 Å². The molecule has 150 valence electrons. The Labute approximate surface area is 182 Å². The number of ether oxygens (including phenoxy) is 2. The first-order valence-electron chi connectivity index (χ1n) is 9.92. The minimum absolute atomic E-state index is 0.501. The average Bonchev–Trinajstić information content (AvgIpc) is 2.69. The Kier molecular flexibility index (Phi) is 7.36. The third-order valence-electron chi connectivity index (χ3n) is 5.15. The van der Waals surface area contributed by atoms with Gasteiger partial charge in [0.05, 0.1) is 6.61 Å². The van der Waals surface area contributed by atoms with Gasteiger partial charge in [0.15, 0.2) is 11.5 Å². The quantitative estimate of drug-likeness (QED) is 0.481. The Bertz CT molecular complexity index is 814. The van der Waals surface area contributed by atoms with Crippen LogP contribution in [0.15, 0.2) is 40.9 Å². The van der Waals surface area contributed by atoms with Gasteiger partial charge in [-0.3, -0.25) is 0 Å². The molecule has 1 aliphatic rings. The summed E-state index contributed by atoms with van der Waals surface area (Å²) in [4.78, 5) is 3.18. The monoisotopic (exact) mass is 461 g/mol. The van der Waals surface area contributed by atoms with Crippen molar-refractivity contribution in [1.82, 2.24) is 4.90 Å².